The fourth-order valence-corrected chi connectivity index (χ4v) is 1.79. The highest BCUT2D eigenvalue weighted by atomic mass is 16.7. The monoisotopic (exact) mass is 230 g/mol. The fraction of sp³-hybridized carbons (Fsp3) is 0.800. The summed E-state index contributed by atoms with van der Waals surface area (Å²) in [5.74, 6) is 0.956. The lowest BCUT2D eigenvalue weighted by Gasteiger charge is -2.35. The van der Waals surface area contributed by atoms with E-state index in [1.165, 1.54) is 0 Å². The summed E-state index contributed by atoms with van der Waals surface area (Å²) in [7, 11) is 7.27. The molecule has 6 nitrogen and oxygen atoms in total. The van der Waals surface area contributed by atoms with Crippen molar-refractivity contribution in [3.63, 3.8) is 0 Å². The molecule has 0 aliphatic carbocycles. The van der Waals surface area contributed by atoms with Crippen LogP contribution in [0.3, 0.4) is 0 Å². The van der Waals surface area contributed by atoms with Gasteiger partial charge in [-0.15, -0.1) is 0 Å². The van der Waals surface area contributed by atoms with Crippen LogP contribution in [0.1, 0.15) is 0 Å². The van der Waals surface area contributed by atoms with Gasteiger partial charge in [-0.1, -0.05) is 0 Å². The lowest BCUT2D eigenvalue weighted by molar-refractivity contribution is -0.0985. The first-order valence-corrected chi connectivity index (χ1v) is 5.26. The number of nitrogens with one attached hydrogen (secondary N) is 1. The van der Waals surface area contributed by atoms with E-state index in [1.54, 1.807) is 14.2 Å². The van der Waals surface area contributed by atoms with E-state index in [-0.39, 0.29) is 6.29 Å². The second-order valence-corrected chi connectivity index (χ2v) is 4.01. The molecule has 94 valence electrons. The normalized spacial score (nSPS) is 18.4. The highest BCUT2D eigenvalue weighted by Gasteiger charge is 2.19. The van der Waals surface area contributed by atoms with Crippen LogP contribution in [0.25, 0.3) is 0 Å². The molecule has 0 bridgehead atoms. The first-order valence-electron chi connectivity index (χ1n) is 5.26. The van der Waals surface area contributed by atoms with Gasteiger partial charge in [0.05, 0.1) is 18.9 Å². The number of rotatable bonds is 5. The average Bonchev–Trinajstić information content (AvgIpc) is 2.22. The molecule has 0 amide bonds. The second kappa shape index (κ2) is 5.93. The topological polar surface area (TPSA) is 63.0 Å². The Balaban J connectivity index is 2.54. The Morgan fingerprint density at radius 1 is 1.38 bits per heavy atom. The van der Waals surface area contributed by atoms with Gasteiger partial charge in [-0.3, -0.25) is 4.90 Å². The van der Waals surface area contributed by atoms with Crippen LogP contribution >= 0.6 is 0 Å². The Morgan fingerprint density at radius 2 is 2.00 bits per heavy atom. The molecule has 0 spiro atoms. The van der Waals surface area contributed by atoms with Crippen LogP contribution in [-0.4, -0.2) is 64.2 Å². The lowest BCUT2D eigenvalue weighted by atomic mass is 10.3. The Morgan fingerprint density at radius 3 is 2.50 bits per heavy atom. The molecular weight excluding hydrogens is 208 g/mol. The number of ether oxygens (including phenoxy) is 2. The van der Waals surface area contributed by atoms with Crippen molar-refractivity contribution in [1.29, 1.82) is 0 Å². The second-order valence-electron chi connectivity index (χ2n) is 4.01. The van der Waals surface area contributed by atoms with Gasteiger partial charge in [-0.2, -0.15) is 0 Å². The molecule has 1 aliphatic heterocycles. The first-order chi connectivity index (χ1) is 7.58. The van der Waals surface area contributed by atoms with E-state index in [0.29, 0.717) is 6.54 Å². The smallest absolute Gasteiger partial charge is 0.173 e. The maximum absolute atomic E-state index is 5.98. The van der Waals surface area contributed by atoms with E-state index in [4.69, 9.17) is 15.2 Å². The van der Waals surface area contributed by atoms with Crippen molar-refractivity contribution in [3.05, 3.63) is 11.5 Å². The molecule has 0 saturated carbocycles. The molecule has 0 unspecified atom stereocenters. The number of likely N-dealkylation sites (N-methyl/N-ethyl adjacent to an activating group) is 1. The zero-order chi connectivity index (χ0) is 12.1. The molecule has 0 radical (unpaired) electrons. The van der Waals surface area contributed by atoms with E-state index in [2.05, 4.69) is 15.1 Å². The number of nitrogens with zero attached hydrogens (tertiary/aromatic N) is 2. The van der Waals surface area contributed by atoms with Crippen LogP contribution in [0.4, 0.5) is 0 Å². The maximum Gasteiger partial charge on any atom is 0.173 e. The molecule has 3 N–H and O–H groups in total. The molecule has 0 saturated heterocycles. The van der Waals surface area contributed by atoms with E-state index in [9.17, 15) is 0 Å². The Bertz CT molecular complexity index is 253. The first kappa shape index (κ1) is 13.1. The zero-order valence-electron chi connectivity index (χ0n) is 10.5. The minimum Gasteiger partial charge on any atom is -0.398 e. The van der Waals surface area contributed by atoms with Gasteiger partial charge in [-0.05, 0) is 7.05 Å². The number of methoxy groups -OCH3 is 2. The van der Waals surface area contributed by atoms with Crippen LogP contribution < -0.4 is 11.1 Å². The summed E-state index contributed by atoms with van der Waals surface area (Å²) in [4.78, 5) is 4.21. The highest BCUT2D eigenvalue weighted by Crippen LogP contribution is 2.09. The average molecular weight is 230 g/mol. The van der Waals surface area contributed by atoms with Gasteiger partial charge in [0.2, 0.25) is 0 Å². The van der Waals surface area contributed by atoms with Gasteiger partial charge in [0.15, 0.2) is 6.29 Å². The zero-order valence-corrected chi connectivity index (χ0v) is 10.5. The number of nitrogens with two attached hydrogens (primary N) is 1. The van der Waals surface area contributed by atoms with Crippen molar-refractivity contribution in [2.45, 2.75) is 6.29 Å². The molecule has 0 atom stereocenters. The van der Waals surface area contributed by atoms with Crippen molar-refractivity contribution < 1.29 is 9.47 Å². The van der Waals surface area contributed by atoms with E-state index in [1.807, 2.05) is 14.1 Å². The summed E-state index contributed by atoms with van der Waals surface area (Å²) in [6, 6.07) is 0. The third-order valence-electron chi connectivity index (χ3n) is 2.54. The van der Waals surface area contributed by atoms with E-state index in [0.717, 1.165) is 24.7 Å². The van der Waals surface area contributed by atoms with Gasteiger partial charge in [0, 0.05) is 27.8 Å². The van der Waals surface area contributed by atoms with Gasteiger partial charge in [-0.25, -0.2) is 0 Å². The van der Waals surface area contributed by atoms with Crippen molar-refractivity contribution in [2.75, 3.05) is 48.1 Å². The van der Waals surface area contributed by atoms with Crippen molar-refractivity contribution in [2.24, 2.45) is 5.73 Å². The molecule has 1 aliphatic rings. The van der Waals surface area contributed by atoms with Gasteiger partial charge < -0.3 is 25.4 Å². The molecular formula is C10H22N4O2. The highest BCUT2D eigenvalue weighted by molar-refractivity contribution is 5.12. The quantitative estimate of drug-likeness (QED) is 0.600. The summed E-state index contributed by atoms with van der Waals surface area (Å²) in [5.41, 5.74) is 6.82. The fourth-order valence-electron chi connectivity index (χ4n) is 1.79. The van der Waals surface area contributed by atoms with Crippen molar-refractivity contribution in [1.82, 2.24) is 15.1 Å². The molecule has 0 aromatic carbocycles. The maximum atomic E-state index is 5.98. The third-order valence-corrected chi connectivity index (χ3v) is 2.54. The van der Waals surface area contributed by atoms with Crippen molar-refractivity contribution >= 4 is 0 Å². The van der Waals surface area contributed by atoms with Crippen LogP contribution in [0.5, 0.6) is 0 Å². The van der Waals surface area contributed by atoms with Gasteiger partial charge in [0.1, 0.15) is 5.82 Å². The SMILES string of the molecule is COC(CNC1=C(N)CN(C)CN1C)OC. The predicted octanol–water partition coefficient (Wildman–Crippen LogP) is -0.843. The standard InChI is InChI=1S/C10H22N4O2/c1-13-6-8(11)10(14(2)7-13)12-5-9(15-3)16-4/h9,12H,5-7,11H2,1-4H3. The van der Waals surface area contributed by atoms with Crippen LogP contribution in [-0.2, 0) is 9.47 Å². The van der Waals surface area contributed by atoms with E-state index < -0.39 is 0 Å². The summed E-state index contributed by atoms with van der Waals surface area (Å²) in [6.45, 7) is 2.21. The number of hydrogen-bond donors (Lipinski definition) is 2. The minimum absolute atomic E-state index is 0.256. The summed E-state index contributed by atoms with van der Waals surface area (Å²) in [6.07, 6.45) is -0.256. The summed E-state index contributed by atoms with van der Waals surface area (Å²) >= 11 is 0. The Kier molecular flexibility index (Phi) is 4.85. The molecule has 1 heterocycles. The molecule has 16 heavy (non-hydrogen) atoms. The molecule has 0 aromatic rings. The van der Waals surface area contributed by atoms with Crippen molar-refractivity contribution in [3.8, 4) is 0 Å². The van der Waals surface area contributed by atoms with Gasteiger partial charge >= 0.3 is 0 Å². The minimum atomic E-state index is -0.256. The van der Waals surface area contributed by atoms with E-state index >= 15 is 0 Å². The Labute approximate surface area is 97.0 Å². The molecule has 0 fully saturated rings. The third kappa shape index (κ3) is 3.26. The lowest BCUT2D eigenvalue weighted by Crippen LogP contribution is -2.47. The summed E-state index contributed by atoms with van der Waals surface area (Å²) in [5, 5.41) is 3.25. The molecule has 6 heteroatoms. The summed E-state index contributed by atoms with van der Waals surface area (Å²) < 4.78 is 10.2. The van der Waals surface area contributed by atoms with Crippen LogP contribution in [0, 0.1) is 0 Å². The number of hydrogen-bond acceptors (Lipinski definition) is 6. The molecule has 1 rings (SSSR count). The van der Waals surface area contributed by atoms with Crippen LogP contribution in [0.15, 0.2) is 11.5 Å². The largest absolute Gasteiger partial charge is 0.398 e. The predicted molar refractivity (Wildman–Crippen MR) is 62.3 cm³/mol. The van der Waals surface area contributed by atoms with Gasteiger partial charge in [0.25, 0.3) is 0 Å². The Hall–Kier alpha value is -0.980. The molecule has 0 aromatic heterocycles. The van der Waals surface area contributed by atoms with Crippen LogP contribution in [0.2, 0.25) is 0 Å².